The van der Waals surface area contributed by atoms with E-state index in [0.717, 1.165) is 0 Å². The van der Waals surface area contributed by atoms with E-state index in [-0.39, 0.29) is 6.61 Å². The normalized spacial score (nSPS) is 12.9. The number of methoxy groups -OCH3 is 2. The van der Waals surface area contributed by atoms with Crippen LogP contribution in [0.5, 0.6) is 5.75 Å². The van der Waals surface area contributed by atoms with E-state index in [2.05, 4.69) is 5.10 Å². The highest BCUT2D eigenvalue weighted by Gasteiger charge is 2.18. The molecule has 0 spiro atoms. The summed E-state index contributed by atoms with van der Waals surface area (Å²) in [4.78, 5) is 0. The fraction of sp³-hybridized carbons (Fsp3) is 0.667. The summed E-state index contributed by atoms with van der Waals surface area (Å²) in [5, 5.41) is 13.9. The standard InChI is InChI=1S/C9H16N2O3/c1-4-11-9(7(12)6-13-2)8(14-3)5-10-11/h5,7,12H,4,6H2,1-3H3. The molecule has 14 heavy (non-hydrogen) atoms. The van der Waals surface area contributed by atoms with Gasteiger partial charge in [-0.15, -0.1) is 0 Å². The van der Waals surface area contributed by atoms with Crippen LogP contribution >= 0.6 is 0 Å². The third-order valence-corrected chi connectivity index (χ3v) is 2.00. The molecule has 1 unspecified atom stereocenters. The second-order valence-corrected chi connectivity index (χ2v) is 2.89. The molecule has 0 saturated carbocycles. The second-order valence-electron chi connectivity index (χ2n) is 2.89. The molecule has 0 aliphatic heterocycles. The predicted octanol–water partition coefficient (Wildman–Crippen LogP) is 0.591. The van der Waals surface area contributed by atoms with Gasteiger partial charge in [0.2, 0.25) is 0 Å². The Kier molecular flexibility index (Phi) is 3.91. The molecular formula is C9H16N2O3. The number of aliphatic hydroxyl groups is 1. The van der Waals surface area contributed by atoms with Crippen molar-refractivity contribution in [1.82, 2.24) is 9.78 Å². The van der Waals surface area contributed by atoms with Gasteiger partial charge in [0.05, 0.1) is 19.9 Å². The molecule has 80 valence electrons. The van der Waals surface area contributed by atoms with Crippen LogP contribution in [-0.4, -0.2) is 35.7 Å². The van der Waals surface area contributed by atoms with E-state index in [9.17, 15) is 5.11 Å². The topological polar surface area (TPSA) is 56.5 Å². The van der Waals surface area contributed by atoms with E-state index >= 15 is 0 Å². The number of rotatable bonds is 5. The maximum absolute atomic E-state index is 9.77. The van der Waals surface area contributed by atoms with Gasteiger partial charge in [0.1, 0.15) is 11.8 Å². The lowest BCUT2D eigenvalue weighted by molar-refractivity contribution is 0.0570. The molecule has 1 heterocycles. The maximum atomic E-state index is 9.77. The summed E-state index contributed by atoms with van der Waals surface area (Å²) in [7, 11) is 3.10. The van der Waals surface area contributed by atoms with Crippen LogP contribution in [0.2, 0.25) is 0 Å². The van der Waals surface area contributed by atoms with Gasteiger partial charge in [-0.2, -0.15) is 5.10 Å². The van der Waals surface area contributed by atoms with E-state index < -0.39 is 6.10 Å². The lowest BCUT2D eigenvalue weighted by atomic mass is 10.2. The number of ether oxygens (including phenoxy) is 2. The number of aromatic nitrogens is 2. The minimum absolute atomic E-state index is 0.238. The molecule has 5 heteroatoms. The maximum Gasteiger partial charge on any atom is 0.162 e. The Morgan fingerprint density at radius 2 is 2.29 bits per heavy atom. The van der Waals surface area contributed by atoms with Crippen LogP contribution in [-0.2, 0) is 11.3 Å². The first-order valence-electron chi connectivity index (χ1n) is 4.51. The molecule has 0 amide bonds. The van der Waals surface area contributed by atoms with E-state index in [0.29, 0.717) is 18.0 Å². The monoisotopic (exact) mass is 200 g/mol. The lowest BCUT2D eigenvalue weighted by Gasteiger charge is -2.12. The average molecular weight is 200 g/mol. The molecule has 1 aromatic rings. The van der Waals surface area contributed by atoms with Gasteiger partial charge in [-0.05, 0) is 6.92 Å². The van der Waals surface area contributed by atoms with Crippen molar-refractivity contribution in [3.05, 3.63) is 11.9 Å². The van der Waals surface area contributed by atoms with Crippen LogP contribution in [0.3, 0.4) is 0 Å². The Balaban J connectivity index is 2.95. The SMILES string of the molecule is CCn1ncc(OC)c1C(O)COC. The predicted molar refractivity (Wildman–Crippen MR) is 51.3 cm³/mol. The van der Waals surface area contributed by atoms with Gasteiger partial charge in [-0.1, -0.05) is 0 Å². The minimum Gasteiger partial charge on any atom is -0.493 e. The largest absolute Gasteiger partial charge is 0.493 e. The Hall–Kier alpha value is -1.07. The van der Waals surface area contributed by atoms with Crippen molar-refractivity contribution in [2.24, 2.45) is 0 Å². The molecular weight excluding hydrogens is 184 g/mol. The molecule has 0 fully saturated rings. The van der Waals surface area contributed by atoms with E-state index in [1.165, 1.54) is 0 Å². The van der Waals surface area contributed by atoms with Gasteiger partial charge < -0.3 is 14.6 Å². The molecule has 0 aromatic carbocycles. The fourth-order valence-electron chi connectivity index (χ4n) is 1.36. The van der Waals surface area contributed by atoms with Gasteiger partial charge in [0, 0.05) is 13.7 Å². The molecule has 0 aliphatic rings. The summed E-state index contributed by atoms with van der Waals surface area (Å²) in [6.07, 6.45) is 0.898. The number of nitrogens with zero attached hydrogens (tertiary/aromatic N) is 2. The second kappa shape index (κ2) is 4.97. The van der Waals surface area contributed by atoms with E-state index in [1.807, 2.05) is 6.92 Å². The molecule has 1 aromatic heterocycles. The molecule has 1 N–H and O–H groups in total. The van der Waals surface area contributed by atoms with Crippen molar-refractivity contribution in [3.8, 4) is 5.75 Å². The first kappa shape index (κ1) is 11.0. The Morgan fingerprint density at radius 1 is 1.57 bits per heavy atom. The highest BCUT2D eigenvalue weighted by atomic mass is 16.5. The minimum atomic E-state index is -0.697. The molecule has 1 atom stereocenters. The van der Waals surface area contributed by atoms with Crippen molar-refractivity contribution in [2.75, 3.05) is 20.8 Å². The zero-order valence-electron chi connectivity index (χ0n) is 8.73. The smallest absolute Gasteiger partial charge is 0.162 e. The summed E-state index contributed by atoms with van der Waals surface area (Å²) in [6.45, 7) is 2.89. The Morgan fingerprint density at radius 3 is 2.79 bits per heavy atom. The first-order valence-corrected chi connectivity index (χ1v) is 4.51. The Labute approximate surface area is 83.2 Å². The number of hydrogen-bond donors (Lipinski definition) is 1. The molecule has 5 nitrogen and oxygen atoms in total. The third kappa shape index (κ3) is 2.05. The summed E-state index contributed by atoms with van der Waals surface area (Å²) in [6, 6.07) is 0. The number of hydrogen-bond acceptors (Lipinski definition) is 4. The van der Waals surface area contributed by atoms with E-state index in [4.69, 9.17) is 9.47 Å². The zero-order chi connectivity index (χ0) is 10.6. The average Bonchev–Trinajstić information content (AvgIpc) is 2.60. The first-order chi connectivity index (χ1) is 6.74. The quantitative estimate of drug-likeness (QED) is 0.755. The zero-order valence-corrected chi connectivity index (χ0v) is 8.73. The summed E-state index contributed by atoms with van der Waals surface area (Å²) in [5.41, 5.74) is 0.664. The van der Waals surface area contributed by atoms with Gasteiger partial charge in [-0.25, -0.2) is 0 Å². The van der Waals surface area contributed by atoms with Crippen LogP contribution in [0.4, 0.5) is 0 Å². The van der Waals surface area contributed by atoms with Crippen molar-refractivity contribution < 1.29 is 14.6 Å². The number of aryl methyl sites for hydroxylation is 1. The van der Waals surface area contributed by atoms with Crippen LogP contribution < -0.4 is 4.74 Å². The highest BCUT2D eigenvalue weighted by Crippen LogP contribution is 2.24. The highest BCUT2D eigenvalue weighted by molar-refractivity contribution is 5.27. The van der Waals surface area contributed by atoms with Crippen molar-refractivity contribution in [3.63, 3.8) is 0 Å². The van der Waals surface area contributed by atoms with Gasteiger partial charge in [-0.3, -0.25) is 4.68 Å². The third-order valence-electron chi connectivity index (χ3n) is 2.00. The van der Waals surface area contributed by atoms with Gasteiger partial charge in [0.15, 0.2) is 5.75 Å². The summed E-state index contributed by atoms with van der Waals surface area (Å²) in [5.74, 6) is 0.594. The van der Waals surface area contributed by atoms with Crippen LogP contribution in [0.15, 0.2) is 6.20 Å². The van der Waals surface area contributed by atoms with Crippen molar-refractivity contribution >= 4 is 0 Å². The Bertz CT molecular complexity index is 264. The molecule has 1 rings (SSSR count). The van der Waals surface area contributed by atoms with Gasteiger partial charge in [0.25, 0.3) is 0 Å². The van der Waals surface area contributed by atoms with E-state index in [1.54, 1.807) is 25.1 Å². The van der Waals surface area contributed by atoms with Crippen molar-refractivity contribution in [1.29, 1.82) is 0 Å². The lowest BCUT2D eigenvalue weighted by Crippen LogP contribution is -2.13. The molecule has 0 bridgehead atoms. The van der Waals surface area contributed by atoms with Crippen molar-refractivity contribution in [2.45, 2.75) is 19.6 Å². The molecule has 0 radical (unpaired) electrons. The number of aliphatic hydroxyl groups excluding tert-OH is 1. The summed E-state index contributed by atoms with van der Waals surface area (Å²) >= 11 is 0. The molecule has 0 saturated heterocycles. The van der Waals surface area contributed by atoms with Crippen LogP contribution in [0, 0.1) is 0 Å². The van der Waals surface area contributed by atoms with Crippen LogP contribution in [0.1, 0.15) is 18.7 Å². The fourth-order valence-corrected chi connectivity index (χ4v) is 1.36. The van der Waals surface area contributed by atoms with Crippen LogP contribution in [0.25, 0.3) is 0 Å². The van der Waals surface area contributed by atoms with Gasteiger partial charge >= 0.3 is 0 Å². The molecule has 0 aliphatic carbocycles. The summed E-state index contributed by atoms with van der Waals surface area (Å²) < 4.78 is 11.7.